The van der Waals surface area contributed by atoms with Gasteiger partial charge in [0.2, 0.25) is 0 Å². The summed E-state index contributed by atoms with van der Waals surface area (Å²) in [5, 5.41) is 17.7. The van der Waals surface area contributed by atoms with Crippen molar-refractivity contribution in [3.63, 3.8) is 0 Å². The van der Waals surface area contributed by atoms with Crippen LogP contribution in [0.3, 0.4) is 0 Å². The van der Waals surface area contributed by atoms with Crippen molar-refractivity contribution in [1.82, 2.24) is 0 Å². The number of halogens is 2. The minimum absolute atomic E-state index is 0.0955. The fourth-order valence-corrected chi connectivity index (χ4v) is 1.59. The van der Waals surface area contributed by atoms with E-state index < -0.39 is 24.2 Å². The molecule has 0 amide bonds. The van der Waals surface area contributed by atoms with Gasteiger partial charge in [0.05, 0.1) is 0 Å². The van der Waals surface area contributed by atoms with E-state index in [1.54, 1.807) is 24.3 Å². The van der Waals surface area contributed by atoms with Crippen molar-refractivity contribution in [3.8, 4) is 5.75 Å². The van der Waals surface area contributed by atoms with Crippen molar-refractivity contribution in [2.45, 2.75) is 6.61 Å². The van der Waals surface area contributed by atoms with Gasteiger partial charge in [-0.15, -0.1) is 0 Å². The molecule has 98 valence electrons. The Hall–Kier alpha value is -1.92. The fraction of sp³-hybridized carbons (Fsp3) is 0.0769. The maximum Gasteiger partial charge on any atom is 0.491 e. The van der Waals surface area contributed by atoms with Crippen molar-refractivity contribution in [1.29, 1.82) is 0 Å². The van der Waals surface area contributed by atoms with Crippen molar-refractivity contribution < 1.29 is 23.6 Å². The first kappa shape index (κ1) is 13.5. The molecule has 0 aromatic heterocycles. The summed E-state index contributed by atoms with van der Waals surface area (Å²) in [6.07, 6.45) is 0. The number of hydrogen-bond acceptors (Lipinski definition) is 3. The summed E-state index contributed by atoms with van der Waals surface area (Å²) in [7, 11) is -2.06. The molecular formula is C13H11BF2O3. The molecule has 0 aliphatic heterocycles. The Labute approximate surface area is 109 Å². The Morgan fingerprint density at radius 3 is 2.32 bits per heavy atom. The van der Waals surface area contributed by atoms with Crippen LogP contribution in [0.4, 0.5) is 8.78 Å². The molecule has 0 saturated heterocycles. The average Bonchev–Trinajstić information content (AvgIpc) is 2.40. The molecule has 0 atom stereocenters. The van der Waals surface area contributed by atoms with Gasteiger partial charge in [-0.1, -0.05) is 30.3 Å². The molecule has 0 unspecified atom stereocenters. The van der Waals surface area contributed by atoms with Crippen LogP contribution in [-0.2, 0) is 6.61 Å². The van der Waals surface area contributed by atoms with Crippen LogP contribution in [0.1, 0.15) is 5.56 Å². The molecule has 0 heterocycles. The summed E-state index contributed by atoms with van der Waals surface area (Å²) in [5.41, 5.74) is 0.290. The third-order valence-electron chi connectivity index (χ3n) is 2.57. The van der Waals surface area contributed by atoms with Crippen molar-refractivity contribution in [3.05, 3.63) is 59.7 Å². The lowest BCUT2D eigenvalue weighted by Crippen LogP contribution is -2.33. The van der Waals surface area contributed by atoms with Gasteiger partial charge >= 0.3 is 7.12 Å². The highest BCUT2D eigenvalue weighted by atomic mass is 19.1. The minimum atomic E-state index is -2.06. The lowest BCUT2D eigenvalue weighted by molar-refractivity contribution is 0.288. The van der Waals surface area contributed by atoms with E-state index in [0.717, 1.165) is 11.6 Å². The highest BCUT2D eigenvalue weighted by Crippen LogP contribution is 2.18. The summed E-state index contributed by atoms with van der Waals surface area (Å²) in [5.74, 6) is -2.05. The predicted molar refractivity (Wildman–Crippen MR) is 67.0 cm³/mol. The van der Waals surface area contributed by atoms with Crippen LogP contribution in [-0.4, -0.2) is 17.2 Å². The van der Waals surface area contributed by atoms with Gasteiger partial charge in [-0.25, -0.2) is 8.78 Å². The SMILES string of the molecule is OB(O)c1cc(F)c(OCc2ccccc2)cc1F. The molecule has 0 fully saturated rings. The van der Waals surface area contributed by atoms with E-state index in [0.29, 0.717) is 6.07 Å². The lowest BCUT2D eigenvalue weighted by Gasteiger charge is -2.09. The van der Waals surface area contributed by atoms with Gasteiger partial charge in [0.15, 0.2) is 11.6 Å². The Morgan fingerprint density at radius 2 is 1.68 bits per heavy atom. The van der Waals surface area contributed by atoms with E-state index in [-0.39, 0.29) is 12.4 Å². The highest BCUT2D eigenvalue weighted by Gasteiger charge is 2.20. The second kappa shape index (κ2) is 5.82. The van der Waals surface area contributed by atoms with Crippen LogP contribution in [0.15, 0.2) is 42.5 Å². The Bertz CT molecular complexity index is 561. The second-order valence-corrected chi connectivity index (χ2v) is 3.95. The predicted octanol–water partition coefficient (Wildman–Crippen LogP) is 1.22. The van der Waals surface area contributed by atoms with Gasteiger partial charge < -0.3 is 14.8 Å². The van der Waals surface area contributed by atoms with E-state index in [4.69, 9.17) is 14.8 Å². The molecular weight excluding hydrogens is 253 g/mol. The lowest BCUT2D eigenvalue weighted by atomic mass is 9.80. The largest absolute Gasteiger partial charge is 0.491 e. The second-order valence-electron chi connectivity index (χ2n) is 3.95. The maximum absolute atomic E-state index is 13.6. The molecule has 2 rings (SSSR count). The van der Waals surface area contributed by atoms with Gasteiger partial charge in [-0.3, -0.25) is 0 Å². The van der Waals surface area contributed by atoms with Crippen LogP contribution in [0.2, 0.25) is 0 Å². The first-order valence-electron chi connectivity index (χ1n) is 5.59. The molecule has 0 bridgehead atoms. The number of hydrogen-bond donors (Lipinski definition) is 2. The molecule has 19 heavy (non-hydrogen) atoms. The normalized spacial score (nSPS) is 10.3. The molecule has 2 aromatic rings. The molecule has 0 spiro atoms. The summed E-state index contributed by atoms with van der Waals surface area (Å²) >= 11 is 0. The Morgan fingerprint density at radius 1 is 1.00 bits per heavy atom. The summed E-state index contributed by atoms with van der Waals surface area (Å²) in [4.78, 5) is 0. The number of rotatable bonds is 4. The Balaban J connectivity index is 2.15. The molecule has 2 aromatic carbocycles. The van der Waals surface area contributed by atoms with Gasteiger partial charge in [0, 0.05) is 11.5 Å². The quantitative estimate of drug-likeness (QED) is 0.816. The number of ether oxygens (including phenoxy) is 1. The fourth-order valence-electron chi connectivity index (χ4n) is 1.59. The van der Waals surface area contributed by atoms with E-state index >= 15 is 0 Å². The summed E-state index contributed by atoms with van der Waals surface area (Å²) in [6, 6.07) is 10.5. The van der Waals surface area contributed by atoms with Gasteiger partial charge in [0.25, 0.3) is 0 Å². The van der Waals surface area contributed by atoms with E-state index in [1.165, 1.54) is 0 Å². The zero-order valence-electron chi connectivity index (χ0n) is 9.88. The standard InChI is InChI=1S/C13H11BF2O3/c15-11-7-13(12(16)6-10(11)14(17)18)19-8-9-4-2-1-3-5-9/h1-7,17-18H,8H2. The third kappa shape index (κ3) is 3.30. The van der Waals surface area contributed by atoms with Gasteiger partial charge in [0.1, 0.15) is 12.4 Å². The molecule has 0 aliphatic carbocycles. The summed E-state index contributed by atoms with van der Waals surface area (Å²) in [6.45, 7) is 0.0955. The van der Waals surface area contributed by atoms with Crippen LogP contribution >= 0.6 is 0 Å². The first-order chi connectivity index (χ1) is 9.08. The zero-order valence-corrected chi connectivity index (χ0v) is 9.88. The van der Waals surface area contributed by atoms with Crippen molar-refractivity contribution in [2.75, 3.05) is 0 Å². The van der Waals surface area contributed by atoms with E-state index in [9.17, 15) is 8.78 Å². The van der Waals surface area contributed by atoms with Crippen molar-refractivity contribution >= 4 is 12.6 Å². The molecule has 2 N–H and O–H groups in total. The number of benzene rings is 2. The van der Waals surface area contributed by atoms with Gasteiger partial charge in [-0.05, 0) is 11.6 Å². The molecule has 0 radical (unpaired) electrons. The highest BCUT2D eigenvalue weighted by molar-refractivity contribution is 6.58. The monoisotopic (exact) mass is 264 g/mol. The Kier molecular flexibility index (Phi) is 4.14. The van der Waals surface area contributed by atoms with Crippen LogP contribution in [0, 0.1) is 11.6 Å². The average molecular weight is 264 g/mol. The molecule has 0 saturated carbocycles. The van der Waals surface area contributed by atoms with E-state index in [1.807, 2.05) is 6.07 Å². The zero-order chi connectivity index (χ0) is 13.8. The van der Waals surface area contributed by atoms with Crippen LogP contribution < -0.4 is 10.2 Å². The molecule has 3 nitrogen and oxygen atoms in total. The van der Waals surface area contributed by atoms with Crippen LogP contribution in [0.5, 0.6) is 5.75 Å². The minimum Gasteiger partial charge on any atom is -0.486 e. The summed E-state index contributed by atoms with van der Waals surface area (Å²) < 4.78 is 32.2. The van der Waals surface area contributed by atoms with E-state index in [2.05, 4.69) is 0 Å². The topological polar surface area (TPSA) is 49.7 Å². The van der Waals surface area contributed by atoms with Crippen molar-refractivity contribution in [2.24, 2.45) is 0 Å². The third-order valence-corrected chi connectivity index (χ3v) is 2.57. The van der Waals surface area contributed by atoms with Crippen LogP contribution in [0.25, 0.3) is 0 Å². The first-order valence-corrected chi connectivity index (χ1v) is 5.59. The molecule has 6 heteroatoms. The maximum atomic E-state index is 13.6. The smallest absolute Gasteiger partial charge is 0.486 e. The molecule has 0 aliphatic rings. The van der Waals surface area contributed by atoms with Gasteiger partial charge in [-0.2, -0.15) is 0 Å².